The molecular formula is C15H16Cl2N2O2. The van der Waals surface area contributed by atoms with E-state index < -0.39 is 0 Å². The minimum absolute atomic E-state index is 0.0321. The zero-order valence-corrected chi connectivity index (χ0v) is 12.9. The lowest BCUT2D eigenvalue weighted by molar-refractivity contribution is -0.131. The number of halogens is 2. The van der Waals surface area contributed by atoms with E-state index in [1.807, 2.05) is 6.07 Å². The molecule has 1 aromatic carbocycles. The van der Waals surface area contributed by atoms with Crippen LogP contribution in [0, 0.1) is 11.8 Å². The minimum atomic E-state index is -0.321. The van der Waals surface area contributed by atoms with E-state index in [1.165, 1.54) is 0 Å². The summed E-state index contributed by atoms with van der Waals surface area (Å²) in [7, 11) is 0. The Bertz CT molecular complexity index is 605. The zero-order valence-electron chi connectivity index (χ0n) is 11.4. The van der Waals surface area contributed by atoms with Crippen molar-refractivity contribution in [3.8, 4) is 0 Å². The fourth-order valence-corrected chi connectivity index (χ4v) is 3.59. The van der Waals surface area contributed by atoms with Crippen molar-refractivity contribution in [1.29, 1.82) is 0 Å². The van der Waals surface area contributed by atoms with Gasteiger partial charge in [-0.2, -0.15) is 0 Å². The maximum absolute atomic E-state index is 12.4. The first-order valence-corrected chi connectivity index (χ1v) is 7.76. The van der Waals surface area contributed by atoms with Crippen molar-refractivity contribution in [2.45, 2.75) is 18.8 Å². The average molecular weight is 327 g/mol. The van der Waals surface area contributed by atoms with Crippen LogP contribution in [-0.4, -0.2) is 29.8 Å². The summed E-state index contributed by atoms with van der Waals surface area (Å²) in [4.78, 5) is 25.4. The highest BCUT2D eigenvalue weighted by Crippen LogP contribution is 2.51. The van der Waals surface area contributed by atoms with Gasteiger partial charge in [0.2, 0.25) is 11.8 Å². The molecule has 2 fully saturated rings. The summed E-state index contributed by atoms with van der Waals surface area (Å²) in [5, 5.41) is 1.20. The first kappa shape index (κ1) is 14.7. The van der Waals surface area contributed by atoms with Gasteiger partial charge in [0.1, 0.15) is 0 Å². The number of benzene rings is 1. The Labute approximate surface area is 133 Å². The summed E-state index contributed by atoms with van der Waals surface area (Å²) in [5.74, 6) is -0.288. The van der Waals surface area contributed by atoms with E-state index in [2.05, 4.69) is 0 Å². The number of carbonyl (C=O) groups excluding carboxylic acids is 2. The van der Waals surface area contributed by atoms with E-state index in [1.54, 1.807) is 17.0 Å². The molecule has 1 aliphatic heterocycles. The molecule has 3 rings (SSSR count). The number of primary amides is 1. The van der Waals surface area contributed by atoms with Crippen LogP contribution in [0.5, 0.6) is 0 Å². The number of nitrogens with two attached hydrogens (primary N) is 1. The maximum Gasteiger partial charge on any atom is 0.226 e. The third kappa shape index (κ3) is 2.87. The number of hydrogen-bond acceptors (Lipinski definition) is 2. The summed E-state index contributed by atoms with van der Waals surface area (Å²) < 4.78 is 0. The predicted molar refractivity (Wildman–Crippen MR) is 81.2 cm³/mol. The third-order valence-electron chi connectivity index (χ3n) is 4.37. The van der Waals surface area contributed by atoms with Crippen molar-refractivity contribution in [3.05, 3.63) is 33.8 Å². The van der Waals surface area contributed by atoms with Crippen molar-refractivity contribution >= 4 is 35.0 Å². The molecule has 2 N–H and O–H groups in total. The Balaban J connectivity index is 1.65. The Morgan fingerprint density at radius 1 is 1.29 bits per heavy atom. The summed E-state index contributed by atoms with van der Waals surface area (Å²) in [6.45, 7) is 1.07. The Hall–Kier alpha value is -1.26. The van der Waals surface area contributed by atoms with E-state index in [0.717, 1.165) is 12.0 Å². The minimum Gasteiger partial charge on any atom is -0.369 e. The van der Waals surface area contributed by atoms with Crippen molar-refractivity contribution in [1.82, 2.24) is 4.90 Å². The van der Waals surface area contributed by atoms with Gasteiger partial charge in [-0.15, -0.1) is 0 Å². The standard InChI is InChI=1S/C15H16Cl2N2O2/c16-9-1-2-10(13(17)5-9)11-6-12(11)15(21)19-4-3-8(7-19)14(18)20/h1-2,5,8,11-12H,3-4,6-7H2,(H2,18,20)/t8-,11+,12+/m1/s1. The van der Waals surface area contributed by atoms with Crippen molar-refractivity contribution < 1.29 is 9.59 Å². The molecule has 0 radical (unpaired) electrons. The molecule has 3 atom stereocenters. The van der Waals surface area contributed by atoms with Crippen LogP contribution in [-0.2, 0) is 9.59 Å². The van der Waals surface area contributed by atoms with E-state index in [4.69, 9.17) is 28.9 Å². The second-order valence-electron chi connectivity index (χ2n) is 5.79. The highest BCUT2D eigenvalue weighted by atomic mass is 35.5. The number of hydrogen-bond donors (Lipinski definition) is 1. The van der Waals surface area contributed by atoms with Crippen LogP contribution < -0.4 is 5.73 Å². The molecule has 1 aliphatic carbocycles. The van der Waals surface area contributed by atoms with Gasteiger partial charge in [0.15, 0.2) is 0 Å². The lowest BCUT2D eigenvalue weighted by Crippen LogP contribution is -2.33. The van der Waals surface area contributed by atoms with Crippen molar-refractivity contribution in [2.24, 2.45) is 17.6 Å². The summed E-state index contributed by atoms with van der Waals surface area (Å²) in [6.07, 6.45) is 1.47. The molecule has 1 heterocycles. The van der Waals surface area contributed by atoms with Crippen LogP contribution >= 0.6 is 23.2 Å². The maximum atomic E-state index is 12.4. The molecular weight excluding hydrogens is 311 g/mol. The molecule has 0 bridgehead atoms. The van der Waals surface area contributed by atoms with Crippen molar-refractivity contribution in [3.63, 3.8) is 0 Å². The van der Waals surface area contributed by atoms with Gasteiger partial charge in [0.25, 0.3) is 0 Å². The first-order chi connectivity index (χ1) is 9.97. The Morgan fingerprint density at radius 3 is 2.67 bits per heavy atom. The number of likely N-dealkylation sites (tertiary alicyclic amines) is 1. The van der Waals surface area contributed by atoms with Crippen LogP contribution in [0.4, 0.5) is 0 Å². The second-order valence-corrected chi connectivity index (χ2v) is 6.63. The molecule has 112 valence electrons. The SMILES string of the molecule is NC(=O)[C@@H]1CCN(C(=O)[C@H]2C[C@H]2c2ccc(Cl)cc2Cl)C1. The van der Waals surface area contributed by atoms with Crippen LogP contribution in [0.25, 0.3) is 0 Å². The van der Waals surface area contributed by atoms with Crippen LogP contribution in [0.2, 0.25) is 10.0 Å². The number of amides is 2. The highest BCUT2D eigenvalue weighted by Gasteiger charge is 2.47. The van der Waals surface area contributed by atoms with Gasteiger partial charge in [-0.05, 0) is 36.5 Å². The summed E-state index contributed by atoms with van der Waals surface area (Å²) in [6, 6.07) is 5.39. The molecule has 4 nitrogen and oxygen atoms in total. The molecule has 6 heteroatoms. The van der Waals surface area contributed by atoms with E-state index >= 15 is 0 Å². The monoisotopic (exact) mass is 326 g/mol. The van der Waals surface area contributed by atoms with Crippen molar-refractivity contribution in [2.75, 3.05) is 13.1 Å². The van der Waals surface area contributed by atoms with Crippen LogP contribution in [0.3, 0.4) is 0 Å². The molecule has 0 spiro atoms. The lowest BCUT2D eigenvalue weighted by atomic mass is 10.1. The predicted octanol–water partition coefficient (Wildman–Crippen LogP) is 2.43. The summed E-state index contributed by atoms with van der Waals surface area (Å²) >= 11 is 12.1. The number of carbonyl (C=O) groups is 2. The van der Waals surface area contributed by atoms with Gasteiger partial charge in [0, 0.05) is 29.1 Å². The van der Waals surface area contributed by atoms with Crippen LogP contribution in [0.15, 0.2) is 18.2 Å². The largest absolute Gasteiger partial charge is 0.369 e. The Morgan fingerprint density at radius 2 is 2.05 bits per heavy atom. The zero-order chi connectivity index (χ0) is 15.1. The fraction of sp³-hybridized carbons (Fsp3) is 0.467. The normalized spacial score (nSPS) is 27.7. The third-order valence-corrected chi connectivity index (χ3v) is 4.93. The molecule has 0 aromatic heterocycles. The van der Waals surface area contributed by atoms with Crippen LogP contribution in [0.1, 0.15) is 24.3 Å². The topological polar surface area (TPSA) is 63.4 Å². The number of nitrogens with zero attached hydrogens (tertiary/aromatic N) is 1. The quantitative estimate of drug-likeness (QED) is 0.927. The van der Waals surface area contributed by atoms with Gasteiger partial charge in [0.05, 0.1) is 5.92 Å². The number of rotatable bonds is 3. The van der Waals surface area contributed by atoms with E-state index in [-0.39, 0.29) is 29.6 Å². The lowest BCUT2D eigenvalue weighted by Gasteiger charge is -2.16. The average Bonchev–Trinajstić information content (AvgIpc) is 3.04. The van der Waals surface area contributed by atoms with Gasteiger partial charge < -0.3 is 10.6 Å². The summed E-state index contributed by atoms with van der Waals surface area (Å²) in [5.41, 5.74) is 6.27. The second kappa shape index (κ2) is 5.50. The van der Waals surface area contributed by atoms with E-state index in [9.17, 15) is 9.59 Å². The molecule has 1 saturated carbocycles. The Kier molecular flexibility index (Phi) is 3.84. The van der Waals surface area contributed by atoms with E-state index in [0.29, 0.717) is 29.6 Å². The molecule has 1 aromatic rings. The molecule has 2 aliphatic rings. The van der Waals surface area contributed by atoms with Gasteiger partial charge in [-0.1, -0.05) is 29.3 Å². The van der Waals surface area contributed by atoms with Gasteiger partial charge in [-0.25, -0.2) is 0 Å². The molecule has 2 amide bonds. The smallest absolute Gasteiger partial charge is 0.226 e. The fourth-order valence-electron chi connectivity index (χ4n) is 3.04. The van der Waals surface area contributed by atoms with Gasteiger partial charge in [-0.3, -0.25) is 9.59 Å². The molecule has 21 heavy (non-hydrogen) atoms. The molecule has 1 saturated heterocycles. The van der Waals surface area contributed by atoms with Gasteiger partial charge >= 0.3 is 0 Å². The molecule has 0 unspecified atom stereocenters. The highest BCUT2D eigenvalue weighted by molar-refractivity contribution is 6.35. The first-order valence-electron chi connectivity index (χ1n) is 7.00.